The molecule has 0 N–H and O–H groups in total. The molecule has 0 aromatic heterocycles. The molecule has 0 nitrogen and oxygen atoms in total. The summed E-state index contributed by atoms with van der Waals surface area (Å²) in [6.45, 7) is 14.4. The second-order valence-electron chi connectivity index (χ2n) is 3.96. The van der Waals surface area contributed by atoms with Crippen LogP contribution in [0.25, 0.3) is 0 Å². The van der Waals surface area contributed by atoms with Gasteiger partial charge >= 0.3 is 70.1 Å². The number of rotatable bonds is 3. The third-order valence-corrected chi connectivity index (χ3v) is 10.4. The van der Waals surface area contributed by atoms with Gasteiger partial charge in [0.05, 0.1) is 0 Å². The summed E-state index contributed by atoms with van der Waals surface area (Å²) in [5.74, 6) is 0. The molecule has 0 aromatic rings. The predicted octanol–water partition coefficient (Wildman–Crippen LogP) is 3.71. The molecule has 0 unspecified atom stereocenters. The van der Waals surface area contributed by atoms with Crippen molar-refractivity contribution in [2.75, 3.05) is 0 Å². The van der Waals surface area contributed by atoms with Crippen molar-refractivity contribution in [2.24, 2.45) is 0 Å². The van der Waals surface area contributed by atoms with E-state index < -0.39 is 14.3 Å². The summed E-state index contributed by atoms with van der Waals surface area (Å²) in [5.41, 5.74) is 0. The molecule has 61 valence electrons. The fraction of sp³-hybridized carbons (Fsp3) is 1.00. The van der Waals surface area contributed by atoms with Crippen molar-refractivity contribution < 1.29 is 0 Å². The van der Waals surface area contributed by atoms with Crippen LogP contribution in [-0.4, -0.2) is 14.3 Å². The van der Waals surface area contributed by atoms with Crippen LogP contribution in [0.1, 0.15) is 41.5 Å². The van der Waals surface area contributed by atoms with Gasteiger partial charge in [0.2, 0.25) is 0 Å². The monoisotopic (exact) mass is 203 g/mol. The Labute approximate surface area is 70.5 Å². The fourth-order valence-electron chi connectivity index (χ4n) is 2.00. The van der Waals surface area contributed by atoms with Crippen molar-refractivity contribution in [2.45, 2.75) is 55.8 Å². The minimum absolute atomic E-state index is 0.722. The third-order valence-electron chi connectivity index (χ3n) is 2.00. The van der Waals surface area contributed by atoms with Gasteiger partial charge in [0.15, 0.2) is 0 Å². The Bertz CT molecular complexity index is 65.7. The van der Waals surface area contributed by atoms with Gasteiger partial charge in [0.1, 0.15) is 0 Å². The Morgan fingerprint density at radius 2 is 0.800 bits per heavy atom. The molecule has 0 spiro atoms. The standard InChI is InChI=1S/C9H21Ge/c1-7(2)10(8(3)4)9(5)6/h7-9H,1-6H3. The summed E-state index contributed by atoms with van der Waals surface area (Å²) >= 11 is -0.722. The van der Waals surface area contributed by atoms with E-state index in [0.717, 1.165) is 14.3 Å². The molecule has 0 atom stereocenters. The normalized spacial score (nSPS) is 12.6. The van der Waals surface area contributed by atoms with Crippen LogP contribution in [0.4, 0.5) is 0 Å². The van der Waals surface area contributed by atoms with E-state index in [9.17, 15) is 0 Å². The Kier molecular flexibility index (Phi) is 4.67. The second-order valence-corrected chi connectivity index (χ2v) is 13.3. The van der Waals surface area contributed by atoms with Crippen LogP contribution >= 0.6 is 0 Å². The Morgan fingerprint density at radius 1 is 0.600 bits per heavy atom. The zero-order chi connectivity index (χ0) is 8.31. The molecule has 0 aliphatic carbocycles. The molecule has 0 rings (SSSR count). The van der Waals surface area contributed by atoms with Gasteiger partial charge in [0, 0.05) is 0 Å². The summed E-state index contributed by atoms with van der Waals surface area (Å²) in [6.07, 6.45) is 0. The summed E-state index contributed by atoms with van der Waals surface area (Å²) in [6, 6.07) is 0. The Balaban J connectivity index is 3.98. The molecule has 1 radical (unpaired) electrons. The van der Waals surface area contributed by atoms with E-state index >= 15 is 0 Å². The first-order chi connectivity index (χ1) is 4.46. The summed E-state index contributed by atoms with van der Waals surface area (Å²) in [7, 11) is 0. The predicted molar refractivity (Wildman–Crippen MR) is 51.0 cm³/mol. The van der Waals surface area contributed by atoms with E-state index in [-0.39, 0.29) is 0 Å². The van der Waals surface area contributed by atoms with Crippen molar-refractivity contribution in [3.63, 3.8) is 0 Å². The molecule has 0 aromatic carbocycles. The molecule has 0 aliphatic heterocycles. The van der Waals surface area contributed by atoms with Gasteiger partial charge in [-0.25, -0.2) is 0 Å². The molecule has 10 heavy (non-hydrogen) atoms. The van der Waals surface area contributed by atoms with E-state index in [2.05, 4.69) is 41.5 Å². The summed E-state index contributed by atoms with van der Waals surface area (Å²) in [4.78, 5) is 0. The van der Waals surface area contributed by atoms with Crippen LogP contribution in [-0.2, 0) is 0 Å². The molecule has 0 bridgehead atoms. The van der Waals surface area contributed by atoms with Gasteiger partial charge in [-0.15, -0.1) is 0 Å². The van der Waals surface area contributed by atoms with Crippen LogP contribution in [0, 0.1) is 0 Å². The van der Waals surface area contributed by atoms with E-state index in [0.29, 0.717) is 0 Å². The van der Waals surface area contributed by atoms with E-state index in [1.807, 2.05) is 0 Å². The van der Waals surface area contributed by atoms with Crippen LogP contribution in [0.5, 0.6) is 0 Å². The molecule has 0 aliphatic rings. The number of hydrogen-bond acceptors (Lipinski definition) is 0. The van der Waals surface area contributed by atoms with Gasteiger partial charge < -0.3 is 0 Å². The molecule has 0 heterocycles. The van der Waals surface area contributed by atoms with E-state index in [4.69, 9.17) is 0 Å². The number of hydrogen-bond donors (Lipinski definition) is 0. The SMILES string of the molecule is C[CH](C)[Ge]([CH](C)C)[CH](C)C. The maximum absolute atomic E-state index is 2.40. The quantitative estimate of drug-likeness (QED) is 0.611. The second kappa shape index (κ2) is 4.43. The van der Waals surface area contributed by atoms with Crippen LogP contribution in [0.2, 0.25) is 14.3 Å². The van der Waals surface area contributed by atoms with Crippen LogP contribution < -0.4 is 0 Å². The van der Waals surface area contributed by atoms with Crippen LogP contribution in [0.3, 0.4) is 0 Å². The van der Waals surface area contributed by atoms with E-state index in [1.165, 1.54) is 0 Å². The third kappa shape index (κ3) is 3.09. The molecule has 0 amide bonds. The van der Waals surface area contributed by atoms with Gasteiger partial charge in [0.25, 0.3) is 0 Å². The molecule has 0 fully saturated rings. The fourth-order valence-corrected chi connectivity index (χ4v) is 10.4. The zero-order valence-electron chi connectivity index (χ0n) is 8.23. The molecular formula is C9H21Ge. The van der Waals surface area contributed by atoms with E-state index in [1.54, 1.807) is 0 Å². The average Bonchev–Trinajstić information content (AvgIpc) is 1.59. The van der Waals surface area contributed by atoms with Gasteiger partial charge in [-0.3, -0.25) is 0 Å². The van der Waals surface area contributed by atoms with Crippen molar-refractivity contribution in [3.8, 4) is 0 Å². The first kappa shape index (κ1) is 10.5. The first-order valence-electron chi connectivity index (χ1n) is 4.33. The van der Waals surface area contributed by atoms with Crippen molar-refractivity contribution in [1.82, 2.24) is 0 Å². The average molecular weight is 202 g/mol. The van der Waals surface area contributed by atoms with Crippen molar-refractivity contribution in [1.29, 1.82) is 0 Å². The molecule has 0 saturated heterocycles. The molecule has 0 saturated carbocycles. The summed E-state index contributed by atoms with van der Waals surface area (Å²) in [5, 5.41) is 0. The van der Waals surface area contributed by atoms with Crippen LogP contribution in [0.15, 0.2) is 0 Å². The topological polar surface area (TPSA) is 0 Å². The summed E-state index contributed by atoms with van der Waals surface area (Å²) < 4.78 is 3.00. The maximum atomic E-state index is 2.40. The van der Waals surface area contributed by atoms with Crippen molar-refractivity contribution >= 4 is 14.3 Å². The van der Waals surface area contributed by atoms with Crippen molar-refractivity contribution in [3.05, 3.63) is 0 Å². The Hall–Kier alpha value is 0.543. The minimum atomic E-state index is -0.722. The van der Waals surface area contributed by atoms with Gasteiger partial charge in [-0.2, -0.15) is 0 Å². The molecule has 1 heteroatoms. The van der Waals surface area contributed by atoms with Gasteiger partial charge in [-0.05, 0) is 0 Å². The zero-order valence-corrected chi connectivity index (χ0v) is 10.3. The van der Waals surface area contributed by atoms with Gasteiger partial charge in [-0.1, -0.05) is 0 Å². The first-order valence-corrected chi connectivity index (χ1v) is 7.96. The molecular weight excluding hydrogens is 181 g/mol. The Morgan fingerprint density at radius 3 is 0.800 bits per heavy atom.